The number of carbonyl (C=O) groups excluding carboxylic acids is 1. The van der Waals surface area contributed by atoms with Crippen LogP contribution in [-0.2, 0) is 7.05 Å². The molecule has 0 fully saturated rings. The number of rotatable bonds is 4. The van der Waals surface area contributed by atoms with Crippen molar-refractivity contribution in [2.45, 2.75) is 26.8 Å². The molecule has 0 aliphatic heterocycles. The van der Waals surface area contributed by atoms with Gasteiger partial charge in [0.25, 0.3) is 5.91 Å². The number of aryl methyl sites for hydroxylation is 2. The molecule has 21 heavy (non-hydrogen) atoms. The molecule has 2 aromatic heterocycles. The van der Waals surface area contributed by atoms with Crippen LogP contribution in [0.4, 0.5) is 0 Å². The Labute approximate surface area is 125 Å². The molecule has 2 aromatic rings. The summed E-state index contributed by atoms with van der Waals surface area (Å²) in [6, 6.07) is -0.366. The average molecular weight is 308 g/mol. The van der Waals surface area contributed by atoms with Crippen LogP contribution in [0.5, 0.6) is 0 Å². The van der Waals surface area contributed by atoms with Crippen molar-refractivity contribution in [3.8, 4) is 0 Å². The van der Waals surface area contributed by atoms with E-state index in [1.54, 1.807) is 25.6 Å². The maximum Gasteiger partial charge on any atom is 0.355 e. The monoisotopic (exact) mass is 308 g/mol. The minimum atomic E-state index is -1.07. The molecule has 7 nitrogen and oxygen atoms in total. The maximum atomic E-state index is 12.3. The van der Waals surface area contributed by atoms with Gasteiger partial charge in [-0.15, -0.1) is 11.3 Å². The summed E-state index contributed by atoms with van der Waals surface area (Å²) in [5.41, 5.74) is 1.97. The molecule has 0 saturated heterocycles. The second kappa shape index (κ2) is 5.65. The summed E-state index contributed by atoms with van der Waals surface area (Å²) in [4.78, 5) is 27.1. The number of carbonyl (C=O) groups is 2. The maximum absolute atomic E-state index is 12.3. The Bertz CT molecular complexity index is 704. The Hall–Kier alpha value is -2.22. The van der Waals surface area contributed by atoms with Crippen molar-refractivity contribution in [1.82, 2.24) is 20.1 Å². The highest BCUT2D eigenvalue weighted by molar-refractivity contribution is 7.09. The summed E-state index contributed by atoms with van der Waals surface area (Å²) >= 11 is 1.21. The van der Waals surface area contributed by atoms with Crippen LogP contribution in [-0.4, -0.2) is 31.7 Å². The van der Waals surface area contributed by atoms with Crippen molar-refractivity contribution in [3.05, 3.63) is 33.0 Å². The molecule has 0 aromatic carbocycles. The first-order valence-corrected chi connectivity index (χ1v) is 7.19. The lowest BCUT2D eigenvalue weighted by Gasteiger charge is -2.11. The predicted octanol–water partition coefficient (Wildman–Crippen LogP) is 1.68. The second-order valence-corrected chi connectivity index (χ2v) is 5.63. The molecule has 0 spiro atoms. The highest BCUT2D eigenvalue weighted by Crippen LogP contribution is 2.19. The number of aromatic nitrogens is 3. The van der Waals surface area contributed by atoms with E-state index in [0.717, 1.165) is 5.69 Å². The zero-order valence-electron chi connectivity index (χ0n) is 12.2. The topological polar surface area (TPSA) is 97.1 Å². The van der Waals surface area contributed by atoms with E-state index in [4.69, 9.17) is 5.11 Å². The first-order valence-electron chi connectivity index (χ1n) is 6.31. The van der Waals surface area contributed by atoms with Crippen molar-refractivity contribution >= 4 is 23.2 Å². The lowest BCUT2D eigenvalue weighted by molar-refractivity contribution is 0.0691. The van der Waals surface area contributed by atoms with Gasteiger partial charge in [-0.3, -0.25) is 9.48 Å². The third-order valence-electron chi connectivity index (χ3n) is 3.20. The standard InChI is InChI=1S/C13H16N4O3S/c1-6-10(8(3)17(4)16-6)11(18)14-7(2)12-15-9(5-21-12)13(19)20/h5,7H,1-4H3,(H,14,18)(H,19,20). The van der Waals surface area contributed by atoms with Gasteiger partial charge in [0.05, 0.1) is 17.3 Å². The Kier molecular flexibility index (Phi) is 4.08. The van der Waals surface area contributed by atoms with Gasteiger partial charge in [0.1, 0.15) is 5.01 Å². The number of carboxylic acid groups (broad SMARTS) is 1. The number of carboxylic acids is 1. The normalized spacial score (nSPS) is 12.2. The number of amides is 1. The van der Waals surface area contributed by atoms with Gasteiger partial charge in [-0.2, -0.15) is 5.10 Å². The summed E-state index contributed by atoms with van der Waals surface area (Å²) in [5.74, 6) is -1.31. The molecule has 0 radical (unpaired) electrons. The van der Waals surface area contributed by atoms with Crippen LogP contribution in [0.3, 0.4) is 0 Å². The molecule has 0 aliphatic rings. The minimum Gasteiger partial charge on any atom is -0.476 e. The van der Waals surface area contributed by atoms with E-state index in [1.807, 2.05) is 6.92 Å². The van der Waals surface area contributed by atoms with E-state index >= 15 is 0 Å². The first kappa shape index (κ1) is 15.2. The highest BCUT2D eigenvalue weighted by atomic mass is 32.1. The fraction of sp³-hybridized carbons (Fsp3) is 0.385. The molecule has 0 saturated carbocycles. The molecule has 2 heterocycles. The molecular formula is C13H16N4O3S. The molecule has 1 unspecified atom stereocenters. The molecule has 112 valence electrons. The lowest BCUT2D eigenvalue weighted by atomic mass is 10.1. The summed E-state index contributed by atoms with van der Waals surface area (Å²) in [6.45, 7) is 5.37. The number of hydrogen-bond donors (Lipinski definition) is 2. The van der Waals surface area contributed by atoms with Crippen LogP contribution in [0.15, 0.2) is 5.38 Å². The smallest absolute Gasteiger partial charge is 0.355 e. The summed E-state index contributed by atoms with van der Waals surface area (Å²) in [5, 5.41) is 17.9. The molecule has 2 N–H and O–H groups in total. The van der Waals surface area contributed by atoms with Gasteiger partial charge >= 0.3 is 5.97 Å². The third kappa shape index (κ3) is 2.94. The zero-order chi connectivity index (χ0) is 15.7. The molecule has 2 rings (SSSR count). The Morgan fingerprint density at radius 2 is 2.10 bits per heavy atom. The lowest BCUT2D eigenvalue weighted by Crippen LogP contribution is -2.27. The summed E-state index contributed by atoms with van der Waals surface area (Å²) < 4.78 is 1.65. The van der Waals surface area contributed by atoms with Crippen LogP contribution in [0, 0.1) is 13.8 Å². The van der Waals surface area contributed by atoms with E-state index in [0.29, 0.717) is 16.3 Å². The van der Waals surface area contributed by atoms with Crippen LogP contribution < -0.4 is 5.32 Å². The van der Waals surface area contributed by atoms with E-state index in [2.05, 4.69) is 15.4 Å². The van der Waals surface area contributed by atoms with Crippen molar-refractivity contribution in [2.75, 3.05) is 0 Å². The SMILES string of the molecule is Cc1nn(C)c(C)c1C(=O)NC(C)c1nc(C(=O)O)cs1. The van der Waals surface area contributed by atoms with E-state index in [-0.39, 0.29) is 17.6 Å². The fourth-order valence-electron chi connectivity index (χ4n) is 2.02. The third-order valence-corrected chi connectivity index (χ3v) is 4.22. The average Bonchev–Trinajstić information content (AvgIpc) is 2.96. The first-order chi connectivity index (χ1) is 9.81. The molecule has 0 aliphatic carbocycles. The fourth-order valence-corrected chi connectivity index (χ4v) is 2.82. The quantitative estimate of drug-likeness (QED) is 0.895. The van der Waals surface area contributed by atoms with Crippen LogP contribution in [0.2, 0.25) is 0 Å². The number of hydrogen-bond acceptors (Lipinski definition) is 5. The van der Waals surface area contributed by atoms with Crippen LogP contribution in [0.1, 0.15) is 50.2 Å². The van der Waals surface area contributed by atoms with Gasteiger partial charge in [-0.05, 0) is 20.8 Å². The van der Waals surface area contributed by atoms with Gasteiger partial charge in [0.15, 0.2) is 5.69 Å². The number of thiazole rings is 1. The summed E-state index contributed by atoms with van der Waals surface area (Å²) in [7, 11) is 1.78. The van der Waals surface area contributed by atoms with E-state index in [9.17, 15) is 9.59 Å². The van der Waals surface area contributed by atoms with Crippen LogP contribution in [0.25, 0.3) is 0 Å². The molecule has 1 atom stereocenters. The van der Waals surface area contributed by atoms with E-state index < -0.39 is 5.97 Å². The Morgan fingerprint density at radius 3 is 2.57 bits per heavy atom. The Morgan fingerprint density at radius 1 is 1.43 bits per heavy atom. The van der Waals surface area contributed by atoms with Crippen molar-refractivity contribution < 1.29 is 14.7 Å². The van der Waals surface area contributed by atoms with Gasteiger partial charge in [0, 0.05) is 18.1 Å². The minimum absolute atomic E-state index is 0.00941. The van der Waals surface area contributed by atoms with Crippen molar-refractivity contribution in [1.29, 1.82) is 0 Å². The van der Waals surface area contributed by atoms with Gasteiger partial charge < -0.3 is 10.4 Å². The number of aromatic carboxylic acids is 1. The highest BCUT2D eigenvalue weighted by Gasteiger charge is 2.21. The molecular weight excluding hydrogens is 292 g/mol. The van der Waals surface area contributed by atoms with E-state index in [1.165, 1.54) is 16.7 Å². The number of nitrogens with zero attached hydrogens (tertiary/aromatic N) is 3. The molecule has 0 bridgehead atoms. The molecule has 1 amide bonds. The van der Waals surface area contributed by atoms with Crippen LogP contribution >= 0.6 is 11.3 Å². The summed E-state index contributed by atoms with van der Waals surface area (Å²) in [6.07, 6.45) is 0. The van der Waals surface area contributed by atoms with Crippen molar-refractivity contribution in [2.24, 2.45) is 7.05 Å². The number of nitrogens with one attached hydrogen (secondary N) is 1. The molecule has 8 heteroatoms. The predicted molar refractivity (Wildman–Crippen MR) is 77.6 cm³/mol. The zero-order valence-corrected chi connectivity index (χ0v) is 13.0. The second-order valence-electron chi connectivity index (χ2n) is 4.74. The van der Waals surface area contributed by atoms with Gasteiger partial charge in [0.2, 0.25) is 0 Å². The van der Waals surface area contributed by atoms with Gasteiger partial charge in [-0.1, -0.05) is 0 Å². The van der Waals surface area contributed by atoms with Gasteiger partial charge in [-0.25, -0.2) is 9.78 Å². The van der Waals surface area contributed by atoms with Crippen molar-refractivity contribution in [3.63, 3.8) is 0 Å². The Balaban J connectivity index is 2.16. The largest absolute Gasteiger partial charge is 0.476 e.